The van der Waals surface area contributed by atoms with Crippen molar-refractivity contribution in [3.05, 3.63) is 17.0 Å². The van der Waals surface area contributed by atoms with E-state index >= 15 is 0 Å². The molecule has 1 aliphatic rings. The van der Waals surface area contributed by atoms with Crippen molar-refractivity contribution in [1.82, 2.24) is 10.2 Å². The van der Waals surface area contributed by atoms with Crippen LogP contribution in [0, 0.1) is 0 Å². The zero-order chi connectivity index (χ0) is 10.7. The Hall–Kier alpha value is -1.07. The van der Waals surface area contributed by atoms with E-state index in [9.17, 15) is 4.79 Å². The lowest BCUT2D eigenvalue weighted by molar-refractivity contribution is 0.0740. The van der Waals surface area contributed by atoms with Gasteiger partial charge in [0.15, 0.2) is 0 Å². The van der Waals surface area contributed by atoms with Gasteiger partial charge >= 0.3 is 0 Å². The zero-order valence-corrected chi connectivity index (χ0v) is 9.56. The molecular weight excluding hydrogens is 210 g/mol. The molecule has 4 nitrogen and oxygen atoms in total. The Kier molecular flexibility index (Phi) is 3.23. The summed E-state index contributed by atoms with van der Waals surface area (Å²) in [5.41, 5.74) is 0. The molecule has 15 heavy (non-hydrogen) atoms. The quantitative estimate of drug-likeness (QED) is 0.784. The van der Waals surface area contributed by atoms with Gasteiger partial charge in [-0.25, -0.2) is 0 Å². The second kappa shape index (κ2) is 4.63. The van der Waals surface area contributed by atoms with Gasteiger partial charge in [-0.3, -0.25) is 4.79 Å². The lowest BCUT2D eigenvalue weighted by Gasteiger charge is -2.26. The van der Waals surface area contributed by atoms with E-state index in [1.807, 2.05) is 24.1 Å². The molecule has 0 spiro atoms. The molecule has 1 aromatic heterocycles. The molecule has 1 fully saturated rings. The van der Waals surface area contributed by atoms with Gasteiger partial charge in [-0.15, -0.1) is 11.3 Å². The standard InChI is InChI=1S/C10H15N3OS/c1-11-9-3-2-8(15-9)10(14)13-6-4-12-5-7-13/h2-3,11-12H,4-7H2,1H3. The first-order valence-corrected chi connectivity index (χ1v) is 5.90. The lowest BCUT2D eigenvalue weighted by Crippen LogP contribution is -2.46. The van der Waals surface area contributed by atoms with Gasteiger partial charge < -0.3 is 15.5 Å². The highest BCUT2D eigenvalue weighted by Crippen LogP contribution is 2.22. The van der Waals surface area contributed by atoms with E-state index in [1.54, 1.807) is 0 Å². The third-order valence-corrected chi connectivity index (χ3v) is 3.56. The van der Waals surface area contributed by atoms with Gasteiger partial charge in [0.25, 0.3) is 5.91 Å². The maximum absolute atomic E-state index is 12.0. The van der Waals surface area contributed by atoms with Crippen molar-refractivity contribution in [3.8, 4) is 0 Å². The summed E-state index contributed by atoms with van der Waals surface area (Å²) >= 11 is 1.51. The van der Waals surface area contributed by atoms with Crippen molar-refractivity contribution in [2.24, 2.45) is 0 Å². The van der Waals surface area contributed by atoms with Crippen LogP contribution in [0.15, 0.2) is 12.1 Å². The molecule has 0 bridgehead atoms. The van der Waals surface area contributed by atoms with Gasteiger partial charge in [-0.2, -0.15) is 0 Å². The van der Waals surface area contributed by atoms with Crippen LogP contribution in [0.2, 0.25) is 0 Å². The van der Waals surface area contributed by atoms with E-state index in [0.717, 1.165) is 36.1 Å². The van der Waals surface area contributed by atoms with E-state index in [-0.39, 0.29) is 5.91 Å². The Balaban J connectivity index is 2.05. The number of anilines is 1. The van der Waals surface area contributed by atoms with Crippen LogP contribution in [0.1, 0.15) is 9.67 Å². The molecule has 0 aromatic carbocycles. The fourth-order valence-corrected chi connectivity index (χ4v) is 2.44. The molecule has 0 saturated carbocycles. The predicted octanol–water partition coefficient (Wildman–Crippen LogP) is 0.835. The van der Waals surface area contributed by atoms with Crippen LogP contribution in [0.5, 0.6) is 0 Å². The molecule has 1 aliphatic heterocycles. The third kappa shape index (κ3) is 2.30. The van der Waals surface area contributed by atoms with E-state index in [2.05, 4.69) is 10.6 Å². The highest BCUT2D eigenvalue weighted by atomic mass is 32.1. The Morgan fingerprint density at radius 3 is 2.80 bits per heavy atom. The number of nitrogens with zero attached hydrogens (tertiary/aromatic N) is 1. The average molecular weight is 225 g/mol. The summed E-state index contributed by atoms with van der Waals surface area (Å²) in [6.07, 6.45) is 0. The number of carbonyl (C=O) groups is 1. The molecular formula is C10H15N3OS. The van der Waals surface area contributed by atoms with E-state index in [0.29, 0.717) is 0 Å². The first-order valence-electron chi connectivity index (χ1n) is 5.09. The molecule has 0 unspecified atom stereocenters. The van der Waals surface area contributed by atoms with Gasteiger partial charge in [0, 0.05) is 33.2 Å². The van der Waals surface area contributed by atoms with Crippen molar-refractivity contribution in [2.75, 3.05) is 38.5 Å². The molecule has 2 N–H and O–H groups in total. The van der Waals surface area contributed by atoms with Gasteiger partial charge in [-0.1, -0.05) is 0 Å². The molecule has 2 rings (SSSR count). The normalized spacial score (nSPS) is 16.5. The minimum absolute atomic E-state index is 0.156. The van der Waals surface area contributed by atoms with Crippen LogP contribution in [-0.2, 0) is 0 Å². The molecule has 5 heteroatoms. The van der Waals surface area contributed by atoms with E-state index in [4.69, 9.17) is 0 Å². The van der Waals surface area contributed by atoms with Crippen molar-refractivity contribution in [3.63, 3.8) is 0 Å². The highest BCUT2D eigenvalue weighted by Gasteiger charge is 2.19. The molecule has 0 aliphatic carbocycles. The summed E-state index contributed by atoms with van der Waals surface area (Å²) in [5.74, 6) is 0.156. The fraction of sp³-hybridized carbons (Fsp3) is 0.500. The van der Waals surface area contributed by atoms with E-state index in [1.165, 1.54) is 11.3 Å². The Labute approximate surface area is 93.3 Å². The number of piperazine rings is 1. The van der Waals surface area contributed by atoms with Gasteiger partial charge in [0.05, 0.1) is 9.88 Å². The second-order valence-electron chi connectivity index (χ2n) is 3.46. The Morgan fingerprint density at radius 1 is 1.47 bits per heavy atom. The largest absolute Gasteiger partial charge is 0.380 e. The van der Waals surface area contributed by atoms with Crippen LogP contribution >= 0.6 is 11.3 Å². The summed E-state index contributed by atoms with van der Waals surface area (Å²) in [6.45, 7) is 3.42. The first-order chi connectivity index (χ1) is 7.31. The number of hydrogen-bond acceptors (Lipinski definition) is 4. The van der Waals surface area contributed by atoms with Gasteiger partial charge in [0.1, 0.15) is 0 Å². The van der Waals surface area contributed by atoms with Gasteiger partial charge in [-0.05, 0) is 12.1 Å². The van der Waals surface area contributed by atoms with Crippen LogP contribution in [-0.4, -0.2) is 44.0 Å². The number of thiophene rings is 1. The van der Waals surface area contributed by atoms with Crippen LogP contribution in [0.3, 0.4) is 0 Å². The third-order valence-electron chi connectivity index (χ3n) is 2.47. The number of hydrogen-bond donors (Lipinski definition) is 2. The Morgan fingerprint density at radius 2 is 2.20 bits per heavy atom. The second-order valence-corrected chi connectivity index (χ2v) is 4.54. The Bertz CT molecular complexity index is 344. The number of nitrogens with one attached hydrogen (secondary N) is 2. The SMILES string of the molecule is CNc1ccc(C(=O)N2CCNCC2)s1. The smallest absolute Gasteiger partial charge is 0.264 e. The molecule has 82 valence electrons. The molecule has 0 atom stereocenters. The molecule has 0 radical (unpaired) electrons. The van der Waals surface area contributed by atoms with Crippen LogP contribution < -0.4 is 10.6 Å². The number of carbonyl (C=O) groups excluding carboxylic acids is 1. The van der Waals surface area contributed by atoms with Crippen molar-refractivity contribution in [2.45, 2.75) is 0 Å². The highest BCUT2D eigenvalue weighted by molar-refractivity contribution is 7.17. The average Bonchev–Trinajstić information content (AvgIpc) is 2.78. The summed E-state index contributed by atoms with van der Waals surface area (Å²) in [5, 5.41) is 7.31. The minimum atomic E-state index is 0.156. The van der Waals surface area contributed by atoms with Gasteiger partial charge in [0.2, 0.25) is 0 Å². The topological polar surface area (TPSA) is 44.4 Å². The summed E-state index contributed by atoms with van der Waals surface area (Å²) < 4.78 is 0. The monoisotopic (exact) mass is 225 g/mol. The summed E-state index contributed by atoms with van der Waals surface area (Å²) in [7, 11) is 1.87. The predicted molar refractivity (Wildman–Crippen MR) is 62.6 cm³/mol. The van der Waals surface area contributed by atoms with Crippen molar-refractivity contribution >= 4 is 22.2 Å². The number of rotatable bonds is 2. The maximum atomic E-state index is 12.0. The molecule has 2 heterocycles. The summed E-state index contributed by atoms with van der Waals surface area (Å²) in [4.78, 5) is 14.7. The zero-order valence-electron chi connectivity index (χ0n) is 8.75. The molecule has 1 aromatic rings. The fourth-order valence-electron chi connectivity index (χ4n) is 1.61. The van der Waals surface area contributed by atoms with Crippen LogP contribution in [0.4, 0.5) is 5.00 Å². The lowest BCUT2D eigenvalue weighted by atomic mass is 10.3. The molecule has 1 saturated heterocycles. The van der Waals surface area contributed by atoms with Crippen molar-refractivity contribution < 1.29 is 4.79 Å². The maximum Gasteiger partial charge on any atom is 0.264 e. The van der Waals surface area contributed by atoms with Crippen LogP contribution in [0.25, 0.3) is 0 Å². The number of amides is 1. The summed E-state index contributed by atoms with van der Waals surface area (Å²) in [6, 6.07) is 3.83. The van der Waals surface area contributed by atoms with E-state index < -0.39 is 0 Å². The first kappa shape index (κ1) is 10.4. The molecule has 1 amide bonds. The van der Waals surface area contributed by atoms with Crippen molar-refractivity contribution in [1.29, 1.82) is 0 Å². The minimum Gasteiger partial charge on any atom is -0.380 e.